The summed E-state index contributed by atoms with van der Waals surface area (Å²) >= 11 is 0. The molecule has 4 heterocycles. The summed E-state index contributed by atoms with van der Waals surface area (Å²) in [6.45, 7) is 8.13. The molecule has 4 rings (SSSR count). The zero-order valence-corrected chi connectivity index (χ0v) is 15.1. The molecule has 1 N–H and O–H groups in total. The minimum atomic E-state index is -0.0907. The van der Waals surface area contributed by atoms with Crippen LogP contribution in [0.3, 0.4) is 0 Å². The molecule has 1 amide bonds. The highest BCUT2D eigenvalue weighted by Gasteiger charge is 2.29. The van der Waals surface area contributed by atoms with Crippen LogP contribution in [0.2, 0.25) is 0 Å². The normalized spacial score (nSPS) is 16.8. The van der Waals surface area contributed by atoms with Gasteiger partial charge in [0.25, 0.3) is 5.91 Å². The summed E-state index contributed by atoms with van der Waals surface area (Å²) in [7, 11) is 0. The van der Waals surface area contributed by atoms with E-state index in [0.717, 1.165) is 17.8 Å². The molecule has 3 aromatic rings. The van der Waals surface area contributed by atoms with E-state index >= 15 is 0 Å². The standard InChI is InChI=1S/C18H21N7O/c1-12-22-16-5-4-13(10-25(16)23-12)14-8-20-15(9-19-14)17(26)24-7-6-21-18(2,3)11-24/h4-5,8-10,21H,6-7,11H2,1-3H3. The fourth-order valence-corrected chi connectivity index (χ4v) is 3.21. The number of pyridine rings is 1. The molecule has 134 valence electrons. The quantitative estimate of drug-likeness (QED) is 0.749. The Labute approximate surface area is 151 Å². The zero-order valence-electron chi connectivity index (χ0n) is 15.1. The molecule has 0 atom stereocenters. The number of aromatic nitrogens is 5. The molecule has 1 saturated heterocycles. The second kappa shape index (κ2) is 6.14. The van der Waals surface area contributed by atoms with Crippen molar-refractivity contribution in [3.63, 3.8) is 0 Å². The molecule has 1 aliphatic rings. The number of rotatable bonds is 2. The molecule has 1 aliphatic heterocycles. The van der Waals surface area contributed by atoms with Gasteiger partial charge in [-0.3, -0.25) is 9.78 Å². The molecule has 0 unspecified atom stereocenters. The number of carbonyl (C=O) groups is 1. The van der Waals surface area contributed by atoms with Gasteiger partial charge in [-0.2, -0.15) is 5.10 Å². The lowest BCUT2D eigenvalue weighted by Crippen LogP contribution is -2.58. The molecule has 0 spiro atoms. The maximum atomic E-state index is 12.7. The first-order chi connectivity index (χ1) is 12.4. The van der Waals surface area contributed by atoms with Gasteiger partial charge in [0.2, 0.25) is 0 Å². The number of amides is 1. The highest BCUT2D eigenvalue weighted by atomic mass is 16.2. The van der Waals surface area contributed by atoms with Gasteiger partial charge in [0.05, 0.1) is 18.1 Å². The predicted molar refractivity (Wildman–Crippen MR) is 96.7 cm³/mol. The molecule has 0 aliphatic carbocycles. The summed E-state index contributed by atoms with van der Waals surface area (Å²) in [4.78, 5) is 27.6. The number of fused-ring (bicyclic) bond motifs is 1. The van der Waals surface area contributed by atoms with E-state index < -0.39 is 0 Å². The first kappa shape index (κ1) is 16.6. The van der Waals surface area contributed by atoms with E-state index in [-0.39, 0.29) is 11.4 Å². The third-order valence-corrected chi connectivity index (χ3v) is 4.46. The van der Waals surface area contributed by atoms with Gasteiger partial charge in [-0.15, -0.1) is 0 Å². The van der Waals surface area contributed by atoms with Gasteiger partial charge in [-0.05, 0) is 32.9 Å². The number of piperazine rings is 1. The van der Waals surface area contributed by atoms with Crippen molar-refractivity contribution >= 4 is 11.6 Å². The lowest BCUT2D eigenvalue weighted by molar-refractivity contribution is 0.0646. The second-order valence-electron chi connectivity index (χ2n) is 7.20. The van der Waals surface area contributed by atoms with Crippen molar-refractivity contribution in [2.24, 2.45) is 0 Å². The van der Waals surface area contributed by atoms with E-state index in [1.807, 2.05) is 30.2 Å². The van der Waals surface area contributed by atoms with Crippen molar-refractivity contribution in [3.8, 4) is 11.3 Å². The summed E-state index contributed by atoms with van der Waals surface area (Å²) in [6, 6.07) is 3.81. The Kier molecular flexibility index (Phi) is 3.91. The van der Waals surface area contributed by atoms with Crippen LogP contribution in [-0.4, -0.2) is 60.5 Å². The average molecular weight is 351 g/mol. The van der Waals surface area contributed by atoms with Crippen molar-refractivity contribution in [2.75, 3.05) is 19.6 Å². The van der Waals surface area contributed by atoms with Crippen molar-refractivity contribution in [1.82, 2.24) is 34.8 Å². The van der Waals surface area contributed by atoms with E-state index in [4.69, 9.17) is 0 Å². The molecule has 0 bridgehead atoms. The predicted octanol–water partition coefficient (Wildman–Crippen LogP) is 1.32. The highest BCUT2D eigenvalue weighted by molar-refractivity contribution is 5.92. The minimum absolute atomic E-state index is 0.0824. The van der Waals surface area contributed by atoms with Crippen LogP contribution in [0.1, 0.15) is 30.2 Å². The van der Waals surface area contributed by atoms with Gasteiger partial charge in [-0.1, -0.05) is 0 Å². The van der Waals surface area contributed by atoms with Gasteiger partial charge in [-0.25, -0.2) is 14.5 Å². The van der Waals surface area contributed by atoms with Crippen molar-refractivity contribution in [3.05, 3.63) is 42.2 Å². The maximum Gasteiger partial charge on any atom is 0.274 e. The van der Waals surface area contributed by atoms with E-state index in [1.54, 1.807) is 16.9 Å². The number of nitrogens with zero attached hydrogens (tertiary/aromatic N) is 6. The number of aryl methyl sites for hydroxylation is 1. The molecule has 0 saturated carbocycles. The SMILES string of the molecule is Cc1nc2ccc(-c3cnc(C(=O)N4CCNC(C)(C)C4)cn3)cn2n1. The summed E-state index contributed by atoms with van der Waals surface area (Å²) in [5.74, 6) is 0.633. The van der Waals surface area contributed by atoms with Gasteiger partial charge in [0.15, 0.2) is 5.65 Å². The van der Waals surface area contributed by atoms with Crippen LogP contribution in [0.4, 0.5) is 0 Å². The molecule has 1 fully saturated rings. The number of hydrogen-bond acceptors (Lipinski definition) is 6. The fourth-order valence-electron chi connectivity index (χ4n) is 3.21. The zero-order chi connectivity index (χ0) is 18.3. The van der Waals surface area contributed by atoms with E-state index in [1.165, 1.54) is 0 Å². The maximum absolute atomic E-state index is 12.7. The van der Waals surface area contributed by atoms with E-state index in [0.29, 0.717) is 30.3 Å². The van der Waals surface area contributed by atoms with Gasteiger partial charge in [0, 0.05) is 36.9 Å². The Hall–Kier alpha value is -2.87. The van der Waals surface area contributed by atoms with Crippen LogP contribution in [-0.2, 0) is 0 Å². The van der Waals surface area contributed by atoms with Crippen molar-refractivity contribution < 1.29 is 4.79 Å². The first-order valence-electron chi connectivity index (χ1n) is 8.61. The molecular formula is C18H21N7O. The molecule has 8 nitrogen and oxygen atoms in total. The lowest BCUT2D eigenvalue weighted by atomic mass is 10.0. The minimum Gasteiger partial charge on any atom is -0.334 e. The van der Waals surface area contributed by atoms with Crippen LogP contribution in [0.5, 0.6) is 0 Å². The van der Waals surface area contributed by atoms with Crippen LogP contribution < -0.4 is 5.32 Å². The molecule has 0 aromatic carbocycles. The molecular weight excluding hydrogens is 330 g/mol. The summed E-state index contributed by atoms with van der Waals surface area (Å²) < 4.78 is 1.72. The average Bonchev–Trinajstić information content (AvgIpc) is 2.99. The smallest absolute Gasteiger partial charge is 0.274 e. The topological polar surface area (TPSA) is 88.3 Å². The number of nitrogens with one attached hydrogen (secondary N) is 1. The Morgan fingerprint density at radius 2 is 2.08 bits per heavy atom. The Morgan fingerprint density at radius 3 is 2.81 bits per heavy atom. The fraction of sp³-hybridized carbons (Fsp3) is 0.389. The van der Waals surface area contributed by atoms with Crippen LogP contribution >= 0.6 is 0 Å². The van der Waals surface area contributed by atoms with Crippen molar-refractivity contribution in [1.29, 1.82) is 0 Å². The van der Waals surface area contributed by atoms with Crippen molar-refractivity contribution in [2.45, 2.75) is 26.3 Å². The summed E-state index contributed by atoms with van der Waals surface area (Å²) in [5.41, 5.74) is 2.62. The monoisotopic (exact) mass is 351 g/mol. The van der Waals surface area contributed by atoms with E-state index in [9.17, 15) is 4.79 Å². The van der Waals surface area contributed by atoms with Gasteiger partial charge in [0.1, 0.15) is 11.5 Å². The third kappa shape index (κ3) is 3.15. The van der Waals surface area contributed by atoms with Gasteiger partial charge < -0.3 is 10.2 Å². The van der Waals surface area contributed by atoms with E-state index in [2.05, 4.69) is 39.2 Å². The van der Waals surface area contributed by atoms with Crippen LogP contribution in [0.15, 0.2) is 30.7 Å². The van der Waals surface area contributed by atoms with Crippen LogP contribution in [0.25, 0.3) is 16.9 Å². The Bertz CT molecular complexity index is 961. The highest BCUT2D eigenvalue weighted by Crippen LogP contribution is 2.18. The number of hydrogen-bond donors (Lipinski definition) is 1. The molecule has 8 heteroatoms. The summed E-state index contributed by atoms with van der Waals surface area (Å²) in [5, 5.41) is 7.71. The largest absolute Gasteiger partial charge is 0.334 e. The Morgan fingerprint density at radius 1 is 1.23 bits per heavy atom. The Balaban J connectivity index is 1.56. The number of carbonyl (C=O) groups excluding carboxylic acids is 1. The summed E-state index contributed by atoms with van der Waals surface area (Å²) in [6.07, 6.45) is 5.04. The second-order valence-corrected chi connectivity index (χ2v) is 7.20. The van der Waals surface area contributed by atoms with Crippen LogP contribution in [0, 0.1) is 6.92 Å². The molecule has 26 heavy (non-hydrogen) atoms. The molecule has 0 radical (unpaired) electrons. The first-order valence-corrected chi connectivity index (χ1v) is 8.61. The lowest BCUT2D eigenvalue weighted by Gasteiger charge is -2.38. The third-order valence-electron chi connectivity index (χ3n) is 4.46. The molecule has 3 aromatic heterocycles. The van der Waals surface area contributed by atoms with Gasteiger partial charge >= 0.3 is 0 Å².